The van der Waals surface area contributed by atoms with E-state index in [4.69, 9.17) is 5.84 Å². The third-order valence-electron chi connectivity index (χ3n) is 1.57. The number of anilines is 3. The number of aromatic nitrogens is 2. The topological polar surface area (TPSA) is 75.9 Å². The van der Waals surface area contributed by atoms with Gasteiger partial charge in [0.1, 0.15) is 0 Å². The van der Waals surface area contributed by atoms with Gasteiger partial charge in [0.25, 0.3) is 0 Å². The Kier molecular flexibility index (Phi) is 2.57. The Labute approximate surface area is 84.9 Å². The smallest absolute Gasteiger partial charge is 0.221 e. The first-order chi connectivity index (χ1) is 6.88. The van der Waals surface area contributed by atoms with Crippen LogP contribution in [0.1, 0.15) is 0 Å². The molecule has 1 heterocycles. The van der Waals surface area contributed by atoms with Gasteiger partial charge in [0.15, 0.2) is 0 Å². The number of hydrogen-bond acceptors (Lipinski definition) is 6. The second-order valence-corrected chi connectivity index (χ2v) is 3.53. The molecule has 0 radical (unpaired) electrons. The zero-order valence-electron chi connectivity index (χ0n) is 7.27. The minimum absolute atomic E-state index is 0.587. The van der Waals surface area contributed by atoms with Gasteiger partial charge in [-0.25, -0.2) is 5.84 Å². The summed E-state index contributed by atoms with van der Waals surface area (Å²) >= 11 is 1.36. The Balaban J connectivity index is 2.11. The molecule has 1 aromatic carbocycles. The van der Waals surface area contributed by atoms with Gasteiger partial charge >= 0.3 is 0 Å². The van der Waals surface area contributed by atoms with Gasteiger partial charge in [-0.2, -0.15) is 0 Å². The molecule has 0 saturated heterocycles. The van der Waals surface area contributed by atoms with Gasteiger partial charge in [-0.05, 0) is 12.1 Å². The number of nitrogens with zero attached hydrogens (tertiary/aromatic N) is 2. The monoisotopic (exact) mass is 207 g/mol. The Morgan fingerprint density at radius 3 is 2.43 bits per heavy atom. The van der Waals surface area contributed by atoms with E-state index in [9.17, 15) is 0 Å². The van der Waals surface area contributed by atoms with E-state index in [0.29, 0.717) is 10.3 Å². The molecule has 0 spiro atoms. The van der Waals surface area contributed by atoms with E-state index in [1.54, 1.807) is 0 Å². The summed E-state index contributed by atoms with van der Waals surface area (Å²) in [5.74, 6) is 5.19. The number of benzene rings is 1. The first-order valence-electron chi connectivity index (χ1n) is 4.00. The molecule has 0 amide bonds. The molecule has 0 fully saturated rings. The molecular formula is C8H9N5S. The molecule has 72 valence electrons. The van der Waals surface area contributed by atoms with Gasteiger partial charge in [-0.3, -0.25) is 5.43 Å². The summed E-state index contributed by atoms with van der Waals surface area (Å²) in [6, 6.07) is 9.77. The molecule has 2 rings (SSSR count). The van der Waals surface area contributed by atoms with Gasteiger partial charge in [0.2, 0.25) is 10.3 Å². The Bertz CT molecular complexity index is 399. The van der Waals surface area contributed by atoms with Gasteiger partial charge in [0, 0.05) is 5.69 Å². The first-order valence-corrected chi connectivity index (χ1v) is 4.82. The van der Waals surface area contributed by atoms with Gasteiger partial charge < -0.3 is 5.32 Å². The predicted octanol–water partition coefficient (Wildman–Crippen LogP) is 1.57. The highest BCUT2D eigenvalue weighted by molar-refractivity contribution is 7.19. The number of nitrogens with two attached hydrogens (primary N) is 1. The molecule has 0 aliphatic rings. The van der Waals surface area contributed by atoms with Crippen LogP contribution in [0.25, 0.3) is 0 Å². The van der Waals surface area contributed by atoms with E-state index in [1.807, 2.05) is 30.3 Å². The number of rotatable bonds is 3. The van der Waals surface area contributed by atoms with Crippen LogP contribution in [0.2, 0.25) is 0 Å². The molecule has 14 heavy (non-hydrogen) atoms. The van der Waals surface area contributed by atoms with Crippen LogP contribution in [0, 0.1) is 0 Å². The highest BCUT2D eigenvalue weighted by Crippen LogP contribution is 2.22. The minimum atomic E-state index is 0.587. The van der Waals surface area contributed by atoms with Crippen molar-refractivity contribution in [3.8, 4) is 0 Å². The maximum absolute atomic E-state index is 5.19. The van der Waals surface area contributed by atoms with Crippen molar-refractivity contribution in [3.63, 3.8) is 0 Å². The van der Waals surface area contributed by atoms with Gasteiger partial charge in [-0.15, -0.1) is 10.2 Å². The highest BCUT2D eigenvalue weighted by Gasteiger charge is 2.01. The van der Waals surface area contributed by atoms with Crippen molar-refractivity contribution in [3.05, 3.63) is 30.3 Å². The molecule has 0 saturated carbocycles. The lowest BCUT2D eigenvalue weighted by molar-refractivity contribution is 1.08. The molecule has 0 bridgehead atoms. The fraction of sp³-hybridized carbons (Fsp3) is 0. The van der Waals surface area contributed by atoms with Crippen LogP contribution >= 0.6 is 11.3 Å². The van der Waals surface area contributed by atoms with E-state index in [1.165, 1.54) is 11.3 Å². The predicted molar refractivity (Wildman–Crippen MR) is 57.4 cm³/mol. The third-order valence-corrected chi connectivity index (χ3v) is 2.34. The largest absolute Gasteiger partial charge is 0.330 e. The molecule has 0 atom stereocenters. The van der Waals surface area contributed by atoms with E-state index in [0.717, 1.165) is 5.69 Å². The lowest BCUT2D eigenvalue weighted by Crippen LogP contribution is -2.05. The van der Waals surface area contributed by atoms with Gasteiger partial charge in [0.05, 0.1) is 0 Å². The third kappa shape index (κ3) is 1.98. The van der Waals surface area contributed by atoms with E-state index in [-0.39, 0.29) is 0 Å². The molecule has 0 unspecified atom stereocenters. The maximum Gasteiger partial charge on any atom is 0.221 e. The summed E-state index contributed by atoms with van der Waals surface area (Å²) in [5.41, 5.74) is 3.42. The van der Waals surface area contributed by atoms with E-state index in [2.05, 4.69) is 20.9 Å². The van der Waals surface area contributed by atoms with Crippen molar-refractivity contribution < 1.29 is 0 Å². The van der Waals surface area contributed by atoms with Crippen LogP contribution in [-0.2, 0) is 0 Å². The van der Waals surface area contributed by atoms with Crippen molar-refractivity contribution in [2.24, 2.45) is 5.84 Å². The summed E-state index contributed by atoms with van der Waals surface area (Å²) in [6.45, 7) is 0. The molecule has 5 nitrogen and oxygen atoms in total. The van der Waals surface area contributed by atoms with Crippen molar-refractivity contribution in [2.45, 2.75) is 0 Å². The summed E-state index contributed by atoms with van der Waals surface area (Å²) in [4.78, 5) is 0. The lowest BCUT2D eigenvalue weighted by atomic mass is 10.3. The normalized spacial score (nSPS) is 9.79. The second kappa shape index (κ2) is 4.03. The average Bonchev–Trinajstić information content (AvgIpc) is 2.67. The standard InChI is InChI=1S/C8H9N5S/c9-11-8-13-12-7(14-8)10-6-4-2-1-3-5-6/h1-5H,9H2,(H,10,12)(H,11,13). The minimum Gasteiger partial charge on any atom is -0.330 e. The zero-order valence-corrected chi connectivity index (χ0v) is 8.08. The molecule has 2 aromatic rings. The Morgan fingerprint density at radius 2 is 1.79 bits per heavy atom. The fourth-order valence-electron chi connectivity index (χ4n) is 0.977. The number of hydrazine groups is 1. The summed E-state index contributed by atoms with van der Waals surface area (Å²) in [7, 11) is 0. The summed E-state index contributed by atoms with van der Waals surface area (Å²) < 4.78 is 0. The quantitative estimate of drug-likeness (QED) is 0.526. The van der Waals surface area contributed by atoms with E-state index < -0.39 is 0 Å². The molecular weight excluding hydrogens is 198 g/mol. The average molecular weight is 207 g/mol. The zero-order chi connectivity index (χ0) is 9.80. The molecule has 6 heteroatoms. The number of nitrogens with one attached hydrogen (secondary N) is 2. The van der Waals surface area contributed by atoms with Crippen LogP contribution in [0.4, 0.5) is 16.0 Å². The van der Waals surface area contributed by atoms with Crippen molar-refractivity contribution >= 4 is 27.3 Å². The number of para-hydroxylation sites is 1. The summed E-state index contributed by atoms with van der Waals surface area (Å²) in [5, 5.41) is 12.1. The molecule has 0 aliphatic heterocycles. The van der Waals surface area contributed by atoms with Crippen LogP contribution in [0.5, 0.6) is 0 Å². The van der Waals surface area contributed by atoms with Gasteiger partial charge in [-0.1, -0.05) is 29.5 Å². The van der Waals surface area contributed by atoms with Crippen LogP contribution in [0.3, 0.4) is 0 Å². The van der Waals surface area contributed by atoms with Crippen molar-refractivity contribution in [2.75, 3.05) is 10.7 Å². The summed E-state index contributed by atoms with van der Waals surface area (Å²) in [6.07, 6.45) is 0. The Morgan fingerprint density at radius 1 is 1.07 bits per heavy atom. The lowest BCUT2D eigenvalue weighted by Gasteiger charge is -1.99. The SMILES string of the molecule is NNc1nnc(Nc2ccccc2)s1. The van der Waals surface area contributed by atoms with Crippen molar-refractivity contribution in [1.82, 2.24) is 10.2 Å². The number of hydrogen-bond donors (Lipinski definition) is 3. The first kappa shape index (κ1) is 8.92. The fourth-order valence-corrected chi connectivity index (χ4v) is 1.55. The Hall–Kier alpha value is -1.66. The number of nitrogen functional groups attached to an aromatic ring is 1. The van der Waals surface area contributed by atoms with Crippen LogP contribution in [-0.4, -0.2) is 10.2 Å². The molecule has 4 N–H and O–H groups in total. The van der Waals surface area contributed by atoms with E-state index >= 15 is 0 Å². The second-order valence-electron chi connectivity index (χ2n) is 2.55. The molecule has 1 aromatic heterocycles. The highest BCUT2D eigenvalue weighted by atomic mass is 32.1. The van der Waals surface area contributed by atoms with Crippen molar-refractivity contribution in [1.29, 1.82) is 0 Å². The molecule has 0 aliphatic carbocycles. The van der Waals surface area contributed by atoms with Crippen LogP contribution < -0.4 is 16.6 Å². The maximum atomic E-state index is 5.19. The van der Waals surface area contributed by atoms with Crippen LogP contribution in [0.15, 0.2) is 30.3 Å².